The number of hydrogen-bond donors (Lipinski definition) is 2. The van der Waals surface area contributed by atoms with Gasteiger partial charge in [0.1, 0.15) is 10.9 Å². The van der Waals surface area contributed by atoms with Gasteiger partial charge in [0, 0.05) is 31.4 Å². The van der Waals surface area contributed by atoms with Crippen molar-refractivity contribution in [2.24, 2.45) is 4.99 Å². The van der Waals surface area contributed by atoms with Crippen molar-refractivity contribution in [2.75, 3.05) is 19.6 Å². The Bertz CT molecular complexity index is 653. The lowest BCUT2D eigenvalue weighted by Gasteiger charge is -2.11. The van der Waals surface area contributed by atoms with Crippen LogP contribution >= 0.6 is 35.6 Å². The fourth-order valence-corrected chi connectivity index (χ4v) is 2.47. The molecule has 0 aromatic carbocycles. The highest BCUT2D eigenvalue weighted by Crippen LogP contribution is 2.12. The maximum atomic E-state index is 5.79. The lowest BCUT2D eigenvalue weighted by Crippen LogP contribution is -2.38. The summed E-state index contributed by atoms with van der Waals surface area (Å²) in [5, 5.41) is 11.1. The van der Waals surface area contributed by atoms with E-state index in [1.807, 2.05) is 19.9 Å². The Morgan fingerprint density at radius 2 is 2.04 bits per heavy atom. The lowest BCUT2D eigenvalue weighted by molar-refractivity contribution is 0.392. The van der Waals surface area contributed by atoms with Crippen molar-refractivity contribution >= 4 is 41.5 Å². The summed E-state index contributed by atoms with van der Waals surface area (Å²) >= 11 is 5.79. The normalized spacial score (nSPS) is 11.1. The third-order valence-corrected chi connectivity index (χ3v) is 3.88. The standard InChI is InChI=1S/C17H24ClN5O.HI/c1-4-19-17(20-9-7-14-5-6-16(18)22-11-14)21-10-8-15-12(2)23-24-13(15)3;/h5-6,11H,4,7-10H2,1-3H3,(H2,19,20,21);1H. The summed E-state index contributed by atoms with van der Waals surface area (Å²) in [7, 11) is 0. The number of guanidine groups is 1. The number of nitrogens with one attached hydrogen (secondary N) is 2. The molecule has 2 N–H and O–H groups in total. The molecule has 0 saturated carbocycles. The Morgan fingerprint density at radius 3 is 2.64 bits per heavy atom. The number of aromatic nitrogens is 2. The molecule has 0 fully saturated rings. The minimum Gasteiger partial charge on any atom is -0.361 e. The minimum absolute atomic E-state index is 0. The van der Waals surface area contributed by atoms with Crippen LogP contribution in [0, 0.1) is 13.8 Å². The van der Waals surface area contributed by atoms with Crippen LogP contribution in [-0.4, -0.2) is 35.7 Å². The van der Waals surface area contributed by atoms with Gasteiger partial charge in [-0.15, -0.1) is 24.0 Å². The molecule has 0 amide bonds. The van der Waals surface area contributed by atoms with E-state index in [-0.39, 0.29) is 24.0 Å². The van der Waals surface area contributed by atoms with Gasteiger partial charge in [0.15, 0.2) is 5.96 Å². The molecule has 0 atom stereocenters. The maximum Gasteiger partial charge on any atom is 0.191 e. The zero-order valence-electron chi connectivity index (χ0n) is 14.8. The van der Waals surface area contributed by atoms with Crippen LogP contribution in [-0.2, 0) is 12.8 Å². The maximum absolute atomic E-state index is 5.79. The van der Waals surface area contributed by atoms with Crippen LogP contribution in [0.5, 0.6) is 0 Å². The quantitative estimate of drug-likeness (QED) is 0.277. The van der Waals surface area contributed by atoms with E-state index in [9.17, 15) is 0 Å². The van der Waals surface area contributed by atoms with Crippen molar-refractivity contribution in [3.8, 4) is 0 Å². The summed E-state index contributed by atoms with van der Waals surface area (Å²) in [6.07, 6.45) is 3.48. The monoisotopic (exact) mass is 477 g/mol. The van der Waals surface area contributed by atoms with E-state index in [0.29, 0.717) is 11.7 Å². The van der Waals surface area contributed by atoms with Gasteiger partial charge in [0.05, 0.1) is 5.69 Å². The van der Waals surface area contributed by atoms with Crippen LogP contribution in [0.15, 0.2) is 27.8 Å². The average molecular weight is 478 g/mol. The third kappa shape index (κ3) is 7.19. The first-order valence-electron chi connectivity index (χ1n) is 8.14. The number of nitrogens with zero attached hydrogens (tertiary/aromatic N) is 3. The van der Waals surface area contributed by atoms with Gasteiger partial charge in [-0.1, -0.05) is 22.8 Å². The SMILES string of the molecule is CCNC(=NCCc1c(C)noc1C)NCCc1ccc(Cl)nc1.I. The molecule has 0 aliphatic heterocycles. The number of hydrogen-bond acceptors (Lipinski definition) is 4. The van der Waals surface area contributed by atoms with Crippen molar-refractivity contribution in [2.45, 2.75) is 33.6 Å². The lowest BCUT2D eigenvalue weighted by atomic mass is 10.1. The molecular formula is C17H25ClIN5O. The highest BCUT2D eigenvalue weighted by molar-refractivity contribution is 14.0. The predicted octanol–water partition coefficient (Wildman–Crippen LogP) is 3.30. The van der Waals surface area contributed by atoms with E-state index >= 15 is 0 Å². The van der Waals surface area contributed by atoms with Crippen molar-refractivity contribution < 1.29 is 4.52 Å². The number of halogens is 2. The summed E-state index contributed by atoms with van der Waals surface area (Å²) in [6, 6.07) is 3.79. The van der Waals surface area contributed by atoms with Gasteiger partial charge in [-0.25, -0.2) is 4.98 Å². The van der Waals surface area contributed by atoms with E-state index in [4.69, 9.17) is 16.1 Å². The van der Waals surface area contributed by atoms with E-state index in [1.54, 1.807) is 12.3 Å². The van der Waals surface area contributed by atoms with Crippen LogP contribution in [0.25, 0.3) is 0 Å². The van der Waals surface area contributed by atoms with Gasteiger partial charge in [-0.3, -0.25) is 4.99 Å². The zero-order chi connectivity index (χ0) is 17.4. The van der Waals surface area contributed by atoms with E-state index < -0.39 is 0 Å². The Balaban J connectivity index is 0.00000312. The molecular weight excluding hydrogens is 453 g/mol. The smallest absolute Gasteiger partial charge is 0.191 e. The van der Waals surface area contributed by atoms with Crippen molar-refractivity contribution in [1.29, 1.82) is 0 Å². The van der Waals surface area contributed by atoms with E-state index in [2.05, 4.69) is 32.7 Å². The molecule has 0 bridgehead atoms. The van der Waals surface area contributed by atoms with Crippen LogP contribution in [0.4, 0.5) is 0 Å². The predicted molar refractivity (Wildman–Crippen MR) is 112 cm³/mol. The van der Waals surface area contributed by atoms with Crippen molar-refractivity contribution in [1.82, 2.24) is 20.8 Å². The molecule has 0 aliphatic carbocycles. The Labute approximate surface area is 170 Å². The summed E-state index contributed by atoms with van der Waals surface area (Å²) in [6.45, 7) is 8.22. The van der Waals surface area contributed by atoms with Crippen LogP contribution < -0.4 is 10.6 Å². The van der Waals surface area contributed by atoms with Gasteiger partial charge in [0.25, 0.3) is 0 Å². The number of pyridine rings is 1. The molecule has 25 heavy (non-hydrogen) atoms. The molecule has 0 radical (unpaired) electrons. The van der Waals surface area contributed by atoms with Gasteiger partial charge >= 0.3 is 0 Å². The first-order valence-corrected chi connectivity index (χ1v) is 8.52. The summed E-state index contributed by atoms with van der Waals surface area (Å²) in [4.78, 5) is 8.69. The Hall–Kier alpha value is -1.35. The highest BCUT2D eigenvalue weighted by Gasteiger charge is 2.08. The molecule has 2 aromatic rings. The second-order valence-electron chi connectivity index (χ2n) is 5.48. The third-order valence-electron chi connectivity index (χ3n) is 3.65. The van der Waals surface area contributed by atoms with Crippen LogP contribution in [0.1, 0.15) is 29.5 Å². The minimum atomic E-state index is 0. The highest BCUT2D eigenvalue weighted by atomic mass is 127. The van der Waals surface area contributed by atoms with E-state index in [0.717, 1.165) is 54.5 Å². The van der Waals surface area contributed by atoms with Crippen molar-refractivity contribution in [3.05, 3.63) is 46.1 Å². The molecule has 0 spiro atoms. The summed E-state index contributed by atoms with van der Waals surface area (Å²) in [5.41, 5.74) is 3.22. The average Bonchev–Trinajstić information content (AvgIpc) is 2.88. The van der Waals surface area contributed by atoms with E-state index in [1.165, 1.54) is 0 Å². The molecule has 2 rings (SSSR count). The first kappa shape index (κ1) is 21.7. The molecule has 8 heteroatoms. The van der Waals surface area contributed by atoms with Gasteiger partial charge < -0.3 is 15.2 Å². The zero-order valence-corrected chi connectivity index (χ0v) is 17.9. The first-order chi connectivity index (χ1) is 11.6. The molecule has 138 valence electrons. The molecule has 0 saturated heterocycles. The fraction of sp³-hybridized carbons (Fsp3) is 0.471. The molecule has 0 unspecified atom stereocenters. The molecule has 6 nitrogen and oxygen atoms in total. The number of rotatable bonds is 7. The largest absolute Gasteiger partial charge is 0.361 e. The second kappa shape index (κ2) is 11.3. The topological polar surface area (TPSA) is 75.3 Å². The molecule has 0 aliphatic rings. The van der Waals surface area contributed by atoms with Crippen molar-refractivity contribution in [3.63, 3.8) is 0 Å². The Kier molecular flexibility index (Phi) is 9.81. The second-order valence-corrected chi connectivity index (χ2v) is 5.87. The van der Waals surface area contributed by atoms with Gasteiger partial charge in [-0.2, -0.15) is 0 Å². The molecule has 2 heterocycles. The van der Waals surface area contributed by atoms with Crippen LogP contribution in [0.2, 0.25) is 5.15 Å². The van der Waals surface area contributed by atoms with Crippen LogP contribution in [0.3, 0.4) is 0 Å². The summed E-state index contributed by atoms with van der Waals surface area (Å²) in [5.74, 6) is 1.68. The van der Waals surface area contributed by atoms with Gasteiger partial charge in [0.2, 0.25) is 0 Å². The number of aryl methyl sites for hydroxylation is 2. The fourth-order valence-electron chi connectivity index (χ4n) is 2.36. The Morgan fingerprint density at radius 1 is 1.24 bits per heavy atom. The van der Waals surface area contributed by atoms with Gasteiger partial charge in [-0.05, 0) is 45.2 Å². The number of aliphatic imine (C=N–C) groups is 1. The molecule has 2 aromatic heterocycles. The summed E-state index contributed by atoms with van der Waals surface area (Å²) < 4.78 is 5.18.